The summed E-state index contributed by atoms with van der Waals surface area (Å²) in [4.78, 5) is 12.1. The van der Waals surface area contributed by atoms with E-state index in [0.717, 1.165) is 19.3 Å². The van der Waals surface area contributed by atoms with E-state index < -0.39 is 0 Å². The molecule has 0 saturated heterocycles. The highest BCUT2D eigenvalue weighted by Crippen LogP contribution is 2.19. The summed E-state index contributed by atoms with van der Waals surface area (Å²) in [6, 6.07) is 0. The van der Waals surface area contributed by atoms with E-state index in [1.807, 2.05) is 13.8 Å². The fourth-order valence-corrected chi connectivity index (χ4v) is 2.18. The van der Waals surface area contributed by atoms with E-state index in [9.17, 15) is 4.79 Å². The van der Waals surface area contributed by atoms with Gasteiger partial charge in [-0.25, -0.2) is 4.79 Å². The largest absolute Gasteiger partial charge is 0.462 e. The molecule has 0 saturated carbocycles. The van der Waals surface area contributed by atoms with Crippen molar-refractivity contribution in [2.24, 2.45) is 11.7 Å². The molecule has 1 atom stereocenters. The highest BCUT2D eigenvalue weighted by molar-refractivity contribution is 7.79. The highest BCUT2D eigenvalue weighted by atomic mass is 32.1. The zero-order valence-corrected chi connectivity index (χ0v) is 13.2. The smallest absolute Gasteiger partial charge is 0.336 e. The number of allylic oxidation sites excluding steroid dienone is 1. The van der Waals surface area contributed by atoms with E-state index >= 15 is 0 Å². The third-order valence-electron chi connectivity index (χ3n) is 3.15. The third kappa shape index (κ3) is 6.71. The Kier molecular flexibility index (Phi) is 10.5. The quantitative estimate of drug-likeness (QED) is 0.287. The lowest BCUT2D eigenvalue weighted by molar-refractivity contribution is -0.139. The third-order valence-corrected chi connectivity index (χ3v) is 3.48. The minimum Gasteiger partial charge on any atom is -0.462 e. The predicted molar refractivity (Wildman–Crippen MR) is 84.0 cm³/mol. The normalized spacial score (nSPS) is 13.6. The van der Waals surface area contributed by atoms with Crippen LogP contribution < -0.4 is 5.73 Å². The maximum absolute atomic E-state index is 12.1. The Morgan fingerprint density at radius 3 is 2.42 bits per heavy atom. The van der Waals surface area contributed by atoms with E-state index in [1.165, 1.54) is 12.8 Å². The van der Waals surface area contributed by atoms with Gasteiger partial charge in [-0.3, -0.25) is 0 Å². The summed E-state index contributed by atoms with van der Waals surface area (Å²) in [5, 5.41) is 1.61. The van der Waals surface area contributed by atoms with Gasteiger partial charge in [0.15, 0.2) is 0 Å². The number of carbonyl (C=O) groups excluding carboxylic acids is 1. The van der Waals surface area contributed by atoms with Gasteiger partial charge in [-0.05, 0) is 24.6 Å². The molecular weight excluding hydrogens is 258 g/mol. The number of esters is 1. The van der Waals surface area contributed by atoms with Crippen LogP contribution in [0.25, 0.3) is 0 Å². The van der Waals surface area contributed by atoms with Gasteiger partial charge in [-0.15, -0.1) is 0 Å². The Morgan fingerprint density at radius 1 is 1.26 bits per heavy atom. The minimum absolute atomic E-state index is 0.0851. The molecule has 2 N–H and O–H groups in total. The molecule has 0 rings (SSSR count). The second-order valence-corrected chi connectivity index (χ2v) is 4.91. The first-order chi connectivity index (χ1) is 9.12. The van der Waals surface area contributed by atoms with Crippen LogP contribution in [-0.2, 0) is 9.53 Å². The molecule has 0 aliphatic rings. The summed E-state index contributed by atoms with van der Waals surface area (Å²) in [6.45, 7) is 6.54. The standard InChI is InChI=1S/C15H27NO2S/c1-4-7-8-9-10-18-15(17)14(13(16)6-3)12(5-2)11-19/h11-12H,4-10,16H2,1-3H3. The summed E-state index contributed by atoms with van der Waals surface area (Å²) in [7, 11) is 0. The first kappa shape index (κ1) is 18.1. The average Bonchev–Trinajstić information content (AvgIpc) is 2.43. The van der Waals surface area contributed by atoms with Crippen LogP contribution >= 0.6 is 12.2 Å². The first-order valence-electron chi connectivity index (χ1n) is 7.23. The van der Waals surface area contributed by atoms with Gasteiger partial charge < -0.3 is 10.5 Å². The molecule has 0 aromatic carbocycles. The number of carbonyl (C=O) groups is 1. The molecule has 0 spiro atoms. The molecule has 1 unspecified atom stereocenters. The summed E-state index contributed by atoms with van der Waals surface area (Å²) in [6.07, 6.45) is 5.76. The molecule has 4 heteroatoms. The molecule has 0 aromatic rings. The molecule has 110 valence electrons. The van der Waals surface area contributed by atoms with E-state index in [4.69, 9.17) is 22.7 Å². The molecule has 0 fully saturated rings. The van der Waals surface area contributed by atoms with Gasteiger partial charge in [0.1, 0.15) is 0 Å². The van der Waals surface area contributed by atoms with Gasteiger partial charge in [0, 0.05) is 11.6 Å². The average molecular weight is 285 g/mol. The second-order valence-electron chi connectivity index (χ2n) is 4.64. The Morgan fingerprint density at radius 2 is 1.95 bits per heavy atom. The zero-order valence-electron chi connectivity index (χ0n) is 12.4. The van der Waals surface area contributed by atoms with E-state index in [2.05, 4.69) is 6.92 Å². The molecule has 19 heavy (non-hydrogen) atoms. The minimum atomic E-state index is -0.302. The van der Waals surface area contributed by atoms with Gasteiger partial charge in [0.05, 0.1) is 12.2 Å². The fourth-order valence-electron chi connectivity index (χ4n) is 1.85. The van der Waals surface area contributed by atoms with Crippen LogP contribution in [0.4, 0.5) is 0 Å². The monoisotopic (exact) mass is 285 g/mol. The number of nitrogens with two attached hydrogens (primary N) is 1. The lowest BCUT2D eigenvalue weighted by atomic mass is 9.95. The summed E-state index contributed by atoms with van der Waals surface area (Å²) in [5.41, 5.74) is 7.08. The Balaban J connectivity index is 4.54. The van der Waals surface area contributed by atoms with Crippen molar-refractivity contribution in [1.29, 1.82) is 0 Å². The van der Waals surface area contributed by atoms with Crippen molar-refractivity contribution in [3.05, 3.63) is 11.3 Å². The SMILES string of the molecule is CCCCCCOC(=O)C(=C(N)CC)C(C=S)CC. The van der Waals surface area contributed by atoms with Crippen molar-refractivity contribution < 1.29 is 9.53 Å². The topological polar surface area (TPSA) is 52.3 Å². The predicted octanol–water partition coefficient (Wildman–Crippen LogP) is 3.76. The van der Waals surface area contributed by atoms with Gasteiger partial charge in [-0.2, -0.15) is 0 Å². The number of ether oxygens (including phenoxy) is 1. The zero-order chi connectivity index (χ0) is 14.7. The van der Waals surface area contributed by atoms with E-state index in [1.54, 1.807) is 5.37 Å². The van der Waals surface area contributed by atoms with E-state index in [-0.39, 0.29) is 11.9 Å². The van der Waals surface area contributed by atoms with Crippen LogP contribution in [0.15, 0.2) is 11.3 Å². The number of rotatable bonds is 10. The Hall–Kier alpha value is -0.900. The highest BCUT2D eigenvalue weighted by Gasteiger charge is 2.21. The molecular formula is C15H27NO2S. The maximum Gasteiger partial charge on any atom is 0.336 e. The Labute approximate surface area is 122 Å². The van der Waals surface area contributed by atoms with Gasteiger partial charge >= 0.3 is 5.97 Å². The summed E-state index contributed by atoms with van der Waals surface area (Å²) >= 11 is 4.98. The van der Waals surface area contributed by atoms with Crippen molar-refractivity contribution in [1.82, 2.24) is 0 Å². The Bertz CT molecular complexity index is 313. The van der Waals surface area contributed by atoms with Crippen LogP contribution in [0.3, 0.4) is 0 Å². The molecule has 3 nitrogen and oxygen atoms in total. The molecule has 0 heterocycles. The number of hydrogen-bond acceptors (Lipinski definition) is 4. The molecule has 0 aliphatic heterocycles. The lowest BCUT2D eigenvalue weighted by Gasteiger charge is -2.16. The van der Waals surface area contributed by atoms with Crippen molar-refractivity contribution >= 4 is 23.6 Å². The lowest BCUT2D eigenvalue weighted by Crippen LogP contribution is -2.21. The van der Waals surface area contributed by atoms with Crippen molar-refractivity contribution in [2.75, 3.05) is 6.61 Å². The number of hydrogen-bond donors (Lipinski definition) is 1. The van der Waals surface area contributed by atoms with Crippen LogP contribution in [0.1, 0.15) is 59.3 Å². The molecule has 0 aromatic heterocycles. The summed E-state index contributed by atoms with van der Waals surface area (Å²) in [5.74, 6) is -0.387. The van der Waals surface area contributed by atoms with Crippen molar-refractivity contribution in [3.8, 4) is 0 Å². The van der Waals surface area contributed by atoms with Gasteiger partial charge in [-0.1, -0.05) is 52.3 Å². The maximum atomic E-state index is 12.1. The molecule has 0 radical (unpaired) electrons. The van der Waals surface area contributed by atoms with E-state index in [0.29, 0.717) is 24.3 Å². The fraction of sp³-hybridized carbons (Fsp3) is 0.733. The number of thiocarbonyl (C=S) groups is 1. The van der Waals surface area contributed by atoms with Crippen molar-refractivity contribution in [2.45, 2.75) is 59.3 Å². The second kappa shape index (κ2) is 11.0. The van der Waals surface area contributed by atoms with Crippen molar-refractivity contribution in [3.63, 3.8) is 0 Å². The van der Waals surface area contributed by atoms with Crippen LogP contribution in [-0.4, -0.2) is 17.9 Å². The van der Waals surface area contributed by atoms with Crippen LogP contribution in [0, 0.1) is 5.92 Å². The van der Waals surface area contributed by atoms with Crippen LogP contribution in [0.5, 0.6) is 0 Å². The van der Waals surface area contributed by atoms with Gasteiger partial charge in [0.25, 0.3) is 0 Å². The summed E-state index contributed by atoms with van der Waals surface area (Å²) < 4.78 is 5.32. The van der Waals surface area contributed by atoms with Crippen LogP contribution in [0.2, 0.25) is 0 Å². The number of unbranched alkanes of at least 4 members (excludes halogenated alkanes) is 3. The van der Waals surface area contributed by atoms with Gasteiger partial charge in [0.2, 0.25) is 0 Å². The molecule has 0 amide bonds. The first-order valence-corrected chi connectivity index (χ1v) is 7.70. The molecule has 0 bridgehead atoms. The molecule has 0 aliphatic carbocycles.